The Morgan fingerprint density at radius 2 is 1.91 bits per heavy atom. The Labute approximate surface area is 137 Å². The van der Waals surface area contributed by atoms with Gasteiger partial charge in [-0.1, -0.05) is 24.3 Å². The van der Waals surface area contributed by atoms with Crippen molar-refractivity contribution in [3.63, 3.8) is 0 Å². The zero-order valence-electron chi connectivity index (χ0n) is 11.9. The SMILES string of the molecule is O=C1c2ccccc2S(=O)(=O)N1[C@H]1CCSc2c(F)cccc21. The van der Waals surface area contributed by atoms with E-state index in [4.69, 9.17) is 0 Å². The quantitative estimate of drug-likeness (QED) is 0.793. The summed E-state index contributed by atoms with van der Waals surface area (Å²) in [5.41, 5.74) is 0.745. The summed E-state index contributed by atoms with van der Waals surface area (Å²) in [6.07, 6.45) is 0.472. The molecule has 0 spiro atoms. The van der Waals surface area contributed by atoms with Crippen molar-refractivity contribution in [2.75, 3.05) is 5.75 Å². The average Bonchev–Trinajstić information content (AvgIpc) is 2.75. The molecule has 118 valence electrons. The van der Waals surface area contributed by atoms with E-state index in [2.05, 4.69) is 0 Å². The minimum atomic E-state index is -3.90. The molecule has 2 aliphatic heterocycles. The molecule has 1 amide bonds. The van der Waals surface area contributed by atoms with E-state index in [9.17, 15) is 17.6 Å². The number of carbonyl (C=O) groups is 1. The number of nitrogens with zero attached hydrogens (tertiary/aromatic N) is 1. The van der Waals surface area contributed by atoms with Crippen LogP contribution < -0.4 is 0 Å². The number of hydrogen-bond donors (Lipinski definition) is 0. The first-order chi connectivity index (χ1) is 11.0. The minimum absolute atomic E-state index is 0.0289. The van der Waals surface area contributed by atoms with Crippen LogP contribution in [0.4, 0.5) is 4.39 Å². The van der Waals surface area contributed by atoms with Crippen molar-refractivity contribution in [2.45, 2.75) is 22.3 Å². The number of amides is 1. The van der Waals surface area contributed by atoms with E-state index in [0.29, 0.717) is 22.6 Å². The average molecular weight is 349 g/mol. The Kier molecular flexibility index (Phi) is 3.24. The first-order valence-corrected chi connectivity index (χ1v) is 9.53. The number of rotatable bonds is 1. The zero-order valence-corrected chi connectivity index (χ0v) is 13.5. The van der Waals surface area contributed by atoms with E-state index in [1.54, 1.807) is 24.3 Å². The fourth-order valence-electron chi connectivity index (χ4n) is 3.12. The van der Waals surface area contributed by atoms with Crippen LogP contribution in [0, 0.1) is 5.82 Å². The van der Waals surface area contributed by atoms with Gasteiger partial charge in [-0.3, -0.25) is 4.79 Å². The first-order valence-electron chi connectivity index (χ1n) is 7.11. The van der Waals surface area contributed by atoms with Crippen molar-refractivity contribution >= 4 is 27.7 Å². The fraction of sp³-hybridized carbons (Fsp3) is 0.188. The number of sulfonamides is 1. The van der Waals surface area contributed by atoms with Gasteiger partial charge in [0.2, 0.25) is 0 Å². The van der Waals surface area contributed by atoms with Crippen LogP contribution in [-0.4, -0.2) is 24.4 Å². The Hall–Kier alpha value is -1.86. The van der Waals surface area contributed by atoms with Crippen molar-refractivity contribution in [2.24, 2.45) is 0 Å². The Morgan fingerprint density at radius 3 is 2.70 bits per heavy atom. The third-order valence-corrected chi connectivity index (χ3v) is 7.14. The number of benzene rings is 2. The normalized spacial score (nSPS) is 21.9. The number of halogens is 1. The summed E-state index contributed by atoms with van der Waals surface area (Å²) in [5.74, 6) is -0.347. The molecule has 1 atom stereocenters. The number of hydrogen-bond acceptors (Lipinski definition) is 4. The lowest BCUT2D eigenvalue weighted by Crippen LogP contribution is -2.36. The van der Waals surface area contributed by atoms with Gasteiger partial charge in [-0.25, -0.2) is 17.1 Å². The van der Waals surface area contributed by atoms with Crippen molar-refractivity contribution in [3.05, 3.63) is 59.4 Å². The number of thioether (sulfide) groups is 1. The molecule has 0 radical (unpaired) electrons. The molecule has 7 heteroatoms. The Morgan fingerprint density at radius 1 is 1.13 bits per heavy atom. The third-order valence-electron chi connectivity index (χ3n) is 4.13. The highest BCUT2D eigenvalue weighted by molar-refractivity contribution is 7.99. The van der Waals surface area contributed by atoms with Gasteiger partial charge in [0.05, 0.1) is 11.6 Å². The molecule has 2 aromatic rings. The maximum atomic E-state index is 14.0. The van der Waals surface area contributed by atoms with Crippen LogP contribution in [0.5, 0.6) is 0 Å². The van der Waals surface area contributed by atoms with Gasteiger partial charge in [-0.15, -0.1) is 11.8 Å². The minimum Gasteiger partial charge on any atom is -0.268 e. The van der Waals surface area contributed by atoms with Gasteiger partial charge < -0.3 is 0 Å². The predicted octanol–water partition coefficient (Wildman–Crippen LogP) is 3.21. The van der Waals surface area contributed by atoms with Crippen molar-refractivity contribution < 1.29 is 17.6 Å². The van der Waals surface area contributed by atoms with E-state index in [1.807, 2.05) is 0 Å². The molecule has 0 saturated carbocycles. The molecular formula is C16H12FNO3S2. The van der Waals surface area contributed by atoms with Gasteiger partial charge in [0.15, 0.2) is 0 Å². The summed E-state index contributed by atoms with van der Waals surface area (Å²) < 4.78 is 40.5. The van der Waals surface area contributed by atoms with E-state index in [-0.39, 0.29) is 16.3 Å². The maximum absolute atomic E-state index is 14.0. The largest absolute Gasteiger partial charge is 0.269 e. The van der Waals surface area contributed by atoms with Crippen LogP contribution in [0.2, 0.25) is 0 Å². The topological polar surface area (TPSA) is 54.5 Å². The third kappa shape index (κ3) is 2.03. The summed E-state index contributed by atoms with van der Waals surface area (Å²) in [4.78, 5) is 13.1. The van der Waals surface area contributed by atoms with E-state index in [0.717, 1.165) is 4.31 Å². The highest BCUT2D eigenvalue weighted by Crippen LogP contribution is 2.45. The molecule has 0 bridgehead atoms. The molecule has 0 saturated heterocycles. The van der Waals surface area contributed by atoms with E-state index in [1.165, 1.54) is 30.0 Å². The highest BCUT2D eigenvalue weighted by atomic mass is 32.2. The van der Waals surface area contributed by atoms with Gasteiger partial charge in [0, 0.05) is 10.6 Å². The first kappa shape index (κ1) is 14.7. The van der Waals surface area contributed by atoms with Gasteiger partial charge in [0.1, 0.15) is 10.7 Å². The molecule has 0 aliphatic carbocycles. The van der Waals surface area contributed by atoms with Crippen LogP contribution in [0.15, 0.2) is 52.3 Å². The smallest absolute Gasteiger partial charge is 0.268 e. The van der Waals surface area contributed by atoms with Crippen LogP contribution in [-0.2, 0) is 10.0 Å². The van der Waals surface area contributed by atoms with Gasteiger partial charge in [-0.05, 0) is 30.2 Å². The molecule has 0 fully saturated rings. The van der Waals surface area contributed by atoms with E-state index >= 15 is 0 Å². The fourth-order valence-corrected chi connectivity index (χ4v) is 6.01. The molecule has 0 aromatic heterocycles. The Bertz CT molecular complexity index is 927. The zero-order chi connectivity index (χ0) is 16.2. The molecule has 23 heavy (non-hydrogen) atoms. The molecule has 2 heterocycles. The summed E-state index contributed by atoms with van der Waals surface area (Å²) in [5, 5.41) is 0. The second-order valence-corrected chi connectivity index (χ2v) is 8.30. The van der Waals surface area contributed by atoms with Gasteiger partial charge in [0.25, 0.3) is 15.9 Å². The van der Waals surface area contributed by atoms with Crippen LogP contribution >= 0.6 is 11.8 Å². The van der Waals surface area contributed by atoms with Gasteiger partial charge in [-0.2, -0.15) is 0 Å². The van der Waals surface area contributed by atoms with Crippen molar-refractivity contribution in [1.82, 2.24) is 4.31 Å². The lowest BCUT2D eigenvalue weighted by Gasteiger charge is -2.31. The summed E-state index contributed by atoms with van der Waals surface area (Å²) in [7, 11) is -3.90. The van der Waals surface area contributed by atoms with Crippen LogP contribution in [0.25, 0.3) is 0 Å². The molecule has 0 N–H and O–H groups in total. The van der Waals surface area contributed by atoms with Crippen molar-refractivity contribution in [3.8, 4) is 0 Å². The van der Waals surface area contributed by atoms with Crippen molar-refractivity contribution in [1.29, 1.82) is 0 Å². The van der Waals surface area contributed by atoms with Crippen LogP contribution in [0.1, 0.15) is 28.4 Å². The molecule has 4 nitrogen and oxygen atoms in total. The maximum Gasteiger partial charge on any atom is 0.269 e. The molecule has 2 aliphatic rings. The predicted molar refractivity (Wildman–Crippen MR) is 84.3 cm³/mol. The standard InChI is InChI=1S/C16H12FNO3S2/c17-12-6-3-5-10-13(8-9-22-15(10)12)18-16(19)11-4-1-2-7-14(11)23(18,20)21/h1-7,13H,8-9H2/t13-/m0/s1. The number of fused-ring (bicyclic) bond motifs is 2. The molecule has 0 unspecified atom stereocenters. The Balaban J connectivity index is 1.89. The second kappa shape index (κ2) is 5.07. The van der Waals surface area contributed by atoms with Gasteiger partial charge >= 0.3 is 0 Å². The lowest BCUT2D eigenvalue weighted by molar-refractivity contribution is 0.0827. The second-order valence-electron chi connectivity index (χ2n) is 5.41. The monoisotopic (exact) mass is 349 g/mol. The summed E-state index contributed by atoms with van der Waals surface area (Å²) in [6.45, 7) is 0. The number of carbonyl (C=O) groups excluding carboxylic acids is 1. The van der Waals surface area contributed by atoms with Crippen LogP contribution in [0.3, 0.4) is 0 Å². The summed E-state index contributed by atoms with van der Waals surface area (Å²) in [6, 6.07) is 10.1. The molecular weight excluding hydrogens is 337 g/mol. The molecule has 4 rings (SSSR count). The highest BCUT2D eigenvalue weighted by Gasteiger charge is 2.46. The lowest BCUT2D eigenvalue weighted by atomic mass is 10.0. The summed E-state index contributed by atoms with van der Waals surface area (Å²) >= 11 is 1.36. The van der Waals surface area contributed by atoms with E-state index < -0.39 is 22.0 Å². The molecule has 2 aromatic carbocycles.